The lowest BCUT2D eigenvalue weighted by Crippen LogP contribution is -2.12. The first-order chi connectivity index (χ1) is 7.94. The number of nitrogens with one attached hydrogen (secondary N) is 1. The highest BCUT2D eigenvalue weighted by molar-refractivity contribution is 6.31. The van der Waals surface area contributed by atoms with E-state index in [0.717, 1.165) is 0 Å². The van der Waals surface area contributed by atoms with E-state index in [4.69, 9.17) is 16.3 Å². The molecule has 1 N–H and O–H groups in total. The van der Waals surface area contributed by atoms with Crippen molar-refractivity contribution >= 4 is 17.4 Å². The molecule has 0 fully saturated rings. The molecule has 1 aromatic heterocycles. The molecule has 96 valence electrons. The van der Waals surface area contributed by atoms with Gasteiger partial charge in [0.05, 0.1) is 7.11 Å². The second-order valence-electron chi connectivity index (χ2n) is 3.19. The number of alkyl halides is 3. The van der Waals surface area contributed by atoms with Gasteiger partial charge in [0.1, 0.15) is 6.33 Å². The molecular weight excluding hydrogens is 259 g/mol. The van der Waals surface area contributed by atoms with E-state index in [1.165, 1.54) is 13.4 Å². The van der Waals surface area contributed by atoms with Crippen molar-refractivity contribution in [2.45, 2.75) is 19.0 Å². The van der Waals surface area contributed by atoms with Crippen molar-refractivity contribution in [3.63, 3.8) is 0 Å². The van der Waals surface area contributed by atoms with Crippen LogP contribution in [0.15, 0.2) is 6.33 Å². The second-order valence-corrected chi connectivity index (χ2v) is 3.55. The number of methoxy groups -OCH3 is 1. The molecule has 0 saturated heterocycles. The van der Waals surface area contributed by atoms with Crippen LogP contribution in [0.2, 0.25) is 5.15 Å². The normalized spacial score (nSPS) is 11.4. The molecule has 0 aromatic carbocycles. The van der Waals surface area contributed by atoms with E-state index >= 15 is 0 Å². The molecule has 0 amide bonds. The van der Waals surface area contributed by atoms with Crippen LogP contribution >= 0.6 is 11.6 Å². The smallest absolute Gasteiger partial charge is 0.389 e. The van der Waals surface area contributed by atoms with Crippen molar-refractivity contribution in [2.75, 3.05) is 19.0 Å². The largest absolute Gasteiger partial charge is 0.490 e. The number of halogens is 4. The molecule has 8 heteroatoms. The fraction of sp³-hybridized carbons (Fsp3) is 0.556. The highest BCUT2D eigenvalue weighted by atomic mass is 35.5. The Kier molecular flexibility index (Phi) is 4.80. The van der Waals surface area contributed by atoms with Crippen molar-refractivity contribution in [3.05, 3.63) is 11.5 Å². The third-order valence-electron chi connectivity index (χ3n) is 1.89. The molecule has 4 nitrogen and oxygen atoms in total. The summed E-state index contributed by atoms with van der Waals surface area (Å²) in [5.74, 6) is 0.510. The van der Waals surface area contributed by atoms with Gasteiger partial charge in [-0.25, -0.2) is 9.97 Å². The number of hydrogen-bond donors (Lipinski definition) is 1. The van der Waals surface area contributed by atoms with Crippen LogP contribution in [0.25, 0.3) is 0 Å². The number of anilines is 1. The van der Waals surface area contributed by atoms with Crippen molar-refractivity contribution < 1.29 is 17.9 Å². The minimum absolute atomic E-state index is 0.0473. The van der Waals surface area contributed by atoms with E-state index in [-0.39, 0.29) is 29.7 Å². The van der Waals surface area contributed by atoms with Crippen LogP contribution in [-0.4, -0.2) is 29.8 Å². The van der Waals surface area contributed by atoms with Crippen LogP contribution < -0.4 is 10.1 Å². The molecule has 0 bridgehead atoms. The molecule has 0 unspecified atom stereocenters. The molecule has 0 saturated carbocycles. The molecule has 1 rings (SSSR count). The van der Waals surface area contributed by atoms with Gasteiger partial charge < -0.3 is 10.1 Å². The predicted molar refractivity (Wildman–Crippen MR) is 57.4 cm³/mol. The average Bonchev–Trinajstić information content (AvgIpc) is 2.23. The number of ether oxygens (including phenoxy) is 1. The van der Waals surface area contributed by atoms with E-state index in [1.54, 1.807) is 0 Å². The maximum absolute atomic E-state index is 11.9. The number of rotatable bonds is 5. The summed E-state index contributed by atoms with van der Waals surface area (Å²) in [6.07, 6.45) is -3.83. The van der Waals surface area contributed by atoms with Gasteiger partial charge in [-0.15, -0.1) is 0 Å². The van der Waals surface area contributed by atoms with E-state index in [2.05, 4.69) is 15.3 Å². The van der Waals surface area contributed by atoms with Crippen LogP contribution in [0, 0.1) is 0 Å². The van der Waals surface area contributed by atoms with Crippen molar-refractivity contribution in [2.24, 2.45) is 0 Å². The van der Waals surface area contributed by atoms with Gasteiger partial charge in [-0.05, 0) is 6.42 Å². The average molecular weight is 270 g/mol. The first kappa shape index (κ1) is 13.8. The summed E-state index contributed by atoms with van der Waals surface area (Å²) < 4.78 is 40.6. The van der Waals surface area contributed by atoms with E-state index in [9.17, 15) is 13.2 Å². The van der Waals surface area contributed by atoms with Gasteiger partial charge >= 0.3 is 6.18 Å². The molecule has 0 aliphatic rings. The van der Waals surface area contributed by atoms with Gasteiger partial charge in [0, 0.05) is 13.0 Å². The monoisotopic (exact) mass is 269 g/mol. The van der Waals surface area contributed by atoms with Crippen LogP contribution in [-0.2, 0) is 0 Å². The lowest BCUT2D eigenvalue weighted by molar-refractivity contribution is -0.134. The molecule has 0 atom stereocenters. The Balaban J connectivity index is 2.49. The number of nitrogens with zero attached hydrogens (tertiary/aromatic N) is 2. The van der Waals surface area contributed by atoms with Crippen LogP contribution in [0.4, 0.5) is 19.0 Å². The summed E-state index contributed by atoms with van der Waals surface area (Å²) in [7, 11) is 1.38. The van der Waals surface area contributed by atoms with Gasteiger partial charge in [-0.3, -0.25) is 0 Å². The van der Waals surface area contributed by atoms with Gasteiger partial charge in [-0.1, -0.05) is 11.6 Å². The Morgan fingerprint density at radius 2 is 2.12 bits per heavy atom. The molecule has 0 aliphatic carbocycles. The summed E-state index contributed by atoms with van der Waals surface area (Å²) in [6.45, 7) is 0.128. The minimum Gasteiger partial charge on any atom is -0.490 e. The lowest BCUT2D eigenvalue weighted by Gasteiger charge is -2.11. The second kappa shape index (κ2) is 5.90. The third kappa shape index (κ3) is 4.64. The Morgan fingerprint density at radius 1 is 1.41 bits per heavy atom. The Morgan fingerprint density at radius 3 is 2.71 bits per heavy atom. The fourth-order valence-corrected chi connectivity index (χ4v) is 1.36. The molecule has 1 aromatic rings. The minimum atomic E-state index is -4.14. The first-order valence-corrected chi connectivity index (χ1v) is 5.17. The van der Waals surface area contributed by atoms with Gasteiger partial charge in [0.2, 0.25) is 0 Å². The topological polar surface area (TPSA) is 47.0 Å². The van der Waals surface area contributed by atoms with Gasteiger partial charge in [-0.2, -0.15) is 13.2 Å². The van der Waals surface area contributed by atoms with Crippen molar-refractivity contribution in [1.29, 1.82) is 0 Å². The lowest BCUT2D eigenvalue weighted by atomic mass is 10.3. The summed E-state index contributed by atoms with van der Waals surface area (Å²) >= 11 is 5.72. The molecule has 1 heterocycles. The fourth-order valence-electron chi connectivity index (χ4n) is 1.15. The van der Waals surface area contributed by atoms with E-state index in [0.29, 0.717) is 0 Å². The quantitative estimate of drug-likeness (QED) is 0.659. The molecule has 0 radical (unpaired) electrons. The van der Waals surface area contributed by atoms with Crippen LogP contribution in [0.5, 0.6) is 5.75 Å². The van der Waals surface area contributed by atoms with Crippen molar-refractivity contribution in [1.82, 2.24) is 9.97 Å². The predicted octanol–water partition coefficient (Wildman–Crippen LogP) is 2.89. The highest BCUT2D eigenvalue weighted by Gasteiger charge is 2.25. The molecule has 17 heavy (non-hydrogen) atoms. The standard InChI is InChI=1S/C9H11ClF3N3O/c1-17-6-7(10)15-5-16-8(6)14-4-2-3-9(11,12)13/h5H,2-4H2,1H3,(H,14,15,16). The summed E-state index contributed by atoms with van der Waals surface area (Å²) in [5, 5.41) is 2.83. The van der Waals surface area contributed by atoms with Gasteiger partial charge in [0.25, 0.3) is 0 Å². The first-order valence-electron chi connectivity index (χ1n) is 4.79. The zero-order chi connectivity index (χ0) is 12.9. The summed E-state index contributed by atoms with van der Waals surface area (Å²) in [6, 6.07) is 0. The SMILES string of the molecule is COc1c(Cl)ncnc1NCCCC(F)(F)F. The zero-order valence-electron chi connectivity index (χ0n) is 9.01. The summed E-state index contributed by atoms with van der Waals surface area (Å²) in [4.78, 5) is 7.52. The molecule has 0 aliphatic heterocycles. The number of hydrogen-bond acceptors (Lipinski definition) is 4. The molecular formula is C9H11ClF3N3O. The van der Waals surface area contributed by atoms with Crippen LogP contribution in [0.3, 0.4) is 0 Å². The van der Waals surface area contributed by atoms with Gasteiger partial charge in [0.15, 0.2) is 16.7 Å². The Bertz CT molecular complexity index is 373. The molecule has 0 spiro atoms. The highest BCUT2D eigenvalue weighted by Crippen LogP contribution is 2.28. The Labute approximate surface area is 101 Å². The maximum atomic E-state index is 11.9. The maximum Gasteiger partial charge on any atom is 0.389 e. The van der Waals surface area contributed by atoms with Crippen molar-refractivity contribution in [3.8, 4) is 5.75 Å². The summed E-state index contributed by atoms with van der Waals surface area (Å²) in [5.41, 5.74) is 0. The number of aromatic nitrogens is 2. The third-order valence-corrected chi connectivity index (χ3v) is 2.16. The van der Waals surface area contributed by atoms with Crippen LogP contribution in [0.1, 0.15) is 12.8 Å². The Hall–Kier alpha value is -1.24. The van der Waals surface area contributed by atoms with E-state index in [1.807, 2.05) is 0 Å². The van der Waals surface area contributed by atoms with E-state index < -0.39 is 12.6 Å². The zero-order valence-corrected chi connectivity index (χ0v) is 9.77.